The molecule has 1 rings (SSSR count). The summed E-state index contributed by atoms with van der Waals surface area (Å²) in [4.78, 5) is 22.9. The lowest BCUT2D eigenvalue weighted by Crippen LogP contribution is -2.31. The molecule has 0 heterocycles. The number of amides is 1. The first kappa shape index (κ1) is 14.2. The van der Waals surface area contributed by atoms with Crippen LogP contribution in [-0.4, -0.2) is 39.1 Å². The number of benzene rings is 1. The summed E-state index contributed by atoms with van der Waals surface area (Å²) in [5, 5.41) is 5.57. The Morgan fingerprint density at radius 2 is 2.00 bits per heavy atom. The van der Waals surface area contributed by atoms with Crippen molar-refractivity contribution in [2.24, 2.45) is 0 Å². The Kier molecular flexibility index (Phi) is 5.87. The van der Waals surface area contributed by atoms with E-state index in [9.17, 15) is 9.59 Å². The van der Waals surface area contributed by atoms with E-state index >= 15 is 0 Å². The maximum atomic E-state index is 11.9. The number of ether oxygens (including phenoxy) is 1. The Balaban J connectivity index is 2.69. The minimum Gasteiger partial charge on any atom is -0.468 e. The largest absolute Gasteiger partial charge is 0.468 e. The second kappa shape index (κ2) is 7.45. The normalized spacial score (nSPS) is 9.89. The van der Waals surface area contributed by atoms with Crippen LogP contribution in [-0.2, 0) is 16.0 Å². The lowest BCUT2D eigenvalue weighted by atomic mass is 10.0. The van der Waals surface area contributed by atoms with Gasteiger partial charge in [-0.15, -0.1) is 0 Å². The van der Waals surface area contributed by atoms with E-state index in [2.05, 4.69) is 15.4 Å². The van der Waals surface area contributed by atoms with Gasteiger partial charge in [-0.05, 0) is 31.6 Å². The molecule has 1 aromatic rings. The molecule has 0 spiro atoms. The number of nitrogens with one attached hydrogen (secondary N) is 2. The molecule has 0 fully saturated rings. The molecule has 5 nitrogen and oxygen atoms in total. The molecular weight excluding hydrogens is 232 g/mol. The molecule has 0 saturated heterocycles. The van der Waals surface area contributed by atoms with Gasteiger partial charge in [-0.3, -0.25) is 9.59 Å². The number of rotatable bonds is 6. The molecule has 5 heteroatoms. The Hall–Kier alpha value is -1.88. The van der Waals surface area contributed by atoms with Crippen LogP contribution in [0.4, 0.5) is 0 Å². The summed E-state index contributed by atoms with van der Waals surface area (Å²) in [7, 11) is 3.15. The van der Waals surface area contributed by atoms with Crippen molar-refractivity contribution in [3.8, 4) is 0 Å². The van der Waals surface area contributed by atoms with Crippen LogP contribution in [0, 0.1) is 0 Å². The van der Waals surface area contributed by atoms with Crippen LogP contribution in [0.25, 0.3) is 0 Å². The zero-order valence-corrected chi connectivity index (χ0v) is 10.7. The Labute approximate surface area is 107 Å². The summed E-state index contributed by atoms with van der Waals surface area (Å²) in [6.45, 7) is 0.678. The molecule has 0 atom stereocenters. The van der Waals surface area contributed by atoms with Gasteiger partial charge in [0, 0.05) is 5.56 Å². The number of carbonyl (C=O) groups is 2. The summed E-state index contributed by atoms with van der Waals surface area (Å²) >= 11 is 0. The fourth-order valence-electron chi connectivity index (χ4n) is 1.54. The zero-order valence-electron chi connectivity index (χ0n) is 10.7. The molecule has 98 valence electrons. The number of esters is 1. The predicted octanol–water partition coefficient (Wildman–Crippen LogP) is 0.351. The Morgan fingerprint density at radius 3 is 2.67 bits per heavy atom. The standard InChI is InChI=1S/C13H18N2O3/c1-14-8-7-10-5-3-4-6-11(10)13(17)15-9-12(16)18-2/h3-6,14H,7-9H2,1-2H3,(H,15,17). The van der Waals surface area contributed by atoms with Crippen LogP contribution in [0.5, 0.6) is 0 Å². The minimum absolute atomic E-state index is 0.115. The number of carbonyl (C=O) groups excluding carboxylic acids is 2. The number of hydrogen-bond acceptors (Lipinski definition) is 4. The smallest absolute Gasteiger partial charge is 0.325 e. The topological polar surface area (TPSA) is 67.4 Å². The summed E-state index contributed by atoms with van der Waals surface area (Å²) < 4.78 is 4.47. The number of likely N-dealkylation sites (N-methyl/N-ethyl adjacent to an activating group) is 1. The van der Waals surface area contributed by atoms with Crippen LogP contribution < -0.4 is 10.6 Å². The van der Waals surface area contributed by atoms with Gasteiger partial charge in [-0.1, -0.05) is 18.2 Å². The second-order valence-corrected chi connectivity index (χ2v) is 3.77. The van der Waals surface area contributed by atoms with Crippen molar-refractivity contribution in [1.29, 1.82) is 0 Å². The van der Waals surface area contributed by atoms with Crippen molar-refractivity contribution in [1.82, 2.24) is 10.6 Å². The number of methoxy groups -OCH3 is 1. The lowest BCUT2D eigenvalue weighted by Gasteiger charge is -2.09. The molecule has 0 aliphatic heterocycles. The zero-order chi connectivity index (χ0) is 13.4. The van der Waals surface area contributed by atoms with E-state index in [0.29, 0.717) is 5.56 Å². The lowest BCUT2D eigenvalue weighted by molar-refractivity contribution is -0.139. The summed E-state index contributed by atoms with van der Waals surface area (Å²) in [5.41, 5.74) is 1.55. The van der Waals surface area contributed by atoms with Crippen molar-refractivity contribution < 1.29 is 14.3 Å². The van der Waals surface area contributed by atoms with E-state index in [1.165, 1.54) is 7.11 Å². The maximum Gasteiger partial charge on any atom is 0.325 e. The van der Waals surface area contributed by atoms with Crippen LogP contribution in [0.3, 0.4) is 0 Å². The van der Waals surface area contributed by atoms with Crippen molar-refractivity contribution >= 4 is 11.9 Å². The van der Waals surface area contributed by atoms with Crippen LogP contribution in [0.1, 0.15) is 15.9 Å². The second-order valence-electron chi connectivity index (χ2n) is 3.77. The van der Waals surface area contributed by atoms with Crippen molar-refractivity contribution in [2.75, 3.05) is 27.2 Å². The summed E-state index contributed by atoms with van der Waals surface area (Å²) in [6.07, 6.45) is 0.762. The Bertz CT molecular complexity index is 418. The van der Waals surface area contributed by atoms with E-state index in [0.717, 1.165) is 18.5 Å². The summed E-state index contributed by atoms with van der Waals surface area (Å²) in [5.74, 6) is -0.719. The van der Waals surface area contributed by atoms with E-state index < -0.39 is 5.97 Å². The average Bonchev–Trinajstić information content (AvgIpc) is 2.42. The van der Waals surface area contributed by atoms with Gasteiger partial charge in [-0.25, -0.2) is 0 Å². The average molecular weight is 250 g/mol. The maximum absolute atomic E-state index is 11.9. The highest BCUT2D eigenvalue weighted by atomic mass is 16.5. The van der Waals surface area contributed by atoms with E-state index in [1.807, 2.05) is 19.2 Å². The van der Waals surface area contributed by atoms with Gasteiger partial charge < -0.3 is 15.4 Å². The van der Waals surface area contributed by atoms with Gasteiger partial charge in [0.25, 0.3) is 5.91 Å². The molecule has 1 aromatic carbocycles. The van der Waals surface area contributed by atoms with E-state index in [4.69, 9.17) is 0 Å². The molecule has 0 bridgehead atoms. The molecule has 0 aliphatic carbocycles. The van der Waals surface area contributed by atoms with Crippen molar-refractivity contribution in [2.45, 2.75) is 6.42 Å². The Morgan fingerprint density at radius 1 is 1.28 bits per heavy atom. The first-order chi connectivity index (χ1) is 8.69. The van der Waals surface area contributed by atoms with Crippen molar-refractivity contribution in [3.05, 3.63) is 35.4 Å². The monoisotopic (exact) mass is 250 g/mol. The molecule has 1 amide bonds. The highest BCUT2D eigenvalue weighted by Gasteiger charge is 2.11. The minimum atomic E-state index is -0.462. The van der Waals surface area contributed by atoms with Gasteiger partial charge in [-0.2, -0.15) is 0 Å². The van der Waals surface area contributed by atoms with E-state index in [-0.39, 0.29) is 12.5 Å². The van der Waals surface area contributed by atoms with Crippen LogP contribution >= 0.6 is 0 Å². The van der Waals surface area contributed by atoms with Gasteiger partial charge in [0.2, 0.25) is 0 Å². The highest BCUT2D eigenvalue weighted by Crippen LogP contribution is 2.09. The van der Waals surface area contributed by atoms with Gasteiger partial charge >= 0.3 is 5.97 Å². The van der Waals surface area contributed by atoms with Gasteiger partial charge in [0.1, 0.15) is 6.54 Å². The molecular formula is C13H18N2O3. The van der Waals surface area contributed by atoms with Crippen molar-refractivity contribution in [3.63, 3.8) is 0 Å². The van der Waals surface area contributed by atoms with Crippen LogP contribution in [0.15, 0.2) is 24.3 Å². The molecule has 0 unspecified atom stereocenters. The van der Waals surface area contributed by atoms with Crippen LogP contribution in [0.2, 0.25) is 0 Å². The fraction of sp³-hybridized carbons (Fsp3) is 0.385. The van der Waals surface area contributed by atoms with E-state index in [1.54, 1.807) is 12.1 Å². The third-order valence-electron chi connectivity index (χ3n) is 2.53. The first-order valence-electron chi connectivity index (χ1n) is 5.76. The quantitative estimate of drug-likeness (QED) is 0.715. The third kappa shape index (κ3) is 4.18. The highest BCUT2D eigenvalue weighted by molar-refractivity contribution is 5.97. The molecule has 18 heavy (non-hydrogen) atoms. The third-order valence-corrected chi connectivity index (χ3v) is 2.53. The molecule has 0 saturated carbocycles. The molecule has 0 aliphatic rings. The fourth-order valence-corrected chi connectivity index (χ4v) is 1.54. The van der Waals surface area contributed by atoms with Gasteiger partial charge in [0.05, 0.1) is 7.11 Å². The molecule has 0 radical (unpaired) electrons. The number of hydrogen-bond donors (Lipinski definition) is 2. The molecule has 0 aromatic heterocycles. The predicted molar refractivity (Wildman–Crippen MR) is 68.4 cm³/mol. The SMILES string of the molecule is CNCCc1ccccc1C(=O)NCC(=O)OC. The first-order valence-corrected chi connectivity index (χ1v) is 5.76. The summed E-state index contributed by atoms with van der Waals surface area (Å²) in [6, 6.07) is 7.35. The van der Waals surface area contributed by atoms with Gasteiger partial charge in [0.15, 0.2) is 0 Å². The molecule has 2 N–H and O–H groups in total.